The largest absolute Gasteiger partial charge is 0.390 e. The van der Waals surface area contributed by atoms with Crippen LogP contribution >= 0.6 is 11.6 Å². The number of rotatable bonds is 7. The molecule has 2 aliphatic heterocycles. The minimum Gasteiger partial charge on any atom is -0.367 e. The fourth-order valence-electron chi connectivity index (χ4n) is 4.90. The zero-order chi connectivity index (χ0) is 28.9. The van der Waals surface area contributed by atoms with Crippen LogP contribution in [0.3, 0.4) is 0 Å². The summed E-state index contributed by atoms with van der Waals surface area (Å²) in [6.45, 7) is 2.85. The van der Waals surface area contributed by atoms with Gasteiger partial charge in [-0.05, 0) is 48.7 Å². The first-order valence-electron chi connectivity index (χ1n) is 13.2. The van der Waals surface area contributed by atoms with Crippen LogP contribution in [0.25, 0.3) is 0 Å². The standard InChI is InChI=1S/C27H33ClF4N6O2/c28-19-4-6-23(24(15-19)37-12-10-36(11-13-37)9-7-27(30,31)32)35-25(39)21-5-3-18(14-22(21)29)16-34-26(40)38-8-1-2-20(33)17-38/h3-6,14-15,20H,1-2,7-13,16-17,33H2,(H,34,40)(H,35,39)/t20-/m0/s1. The van der Waals surface area contributed by atoms with Gasteiger partial charge in [0.05, 0.1) is 23.4 Å². The molecule has 0 radical (unpaired) electrons. The molecular weight excluding hydrogens is 552 g/mol. The number of hydrogen-bond acceptors (Lipinski definition) is 5. The molecule has 2 saturated heterocycles. The molecule has 0 bridgehead atoms. The van der Waals surface area contributed by atoms with Crippen molar-refractivity contribution in [2.45, 2.75) is 38.0 Å². The molecule has 2 aromatic rings. The van der Waals surface area contributed by atoms with Crippen LogP contribution in [0.2, 0.25) is 5.02 Å². The quantitative estimate of drug-likeness (QED) is 0.419. The normalized spacial score (nSPS) is 18.5. The molecule has 13 heteroatoms. The number of nitrogens with one attached hydrogen (secondary N) is 2. The summed E-state index contributed by atoms with van der Waals surface area (Å²) in [5.74, 6) is -1.40. The Morgan fingerprint density at radius 2 is 1.80 bits per heavy atom. The van der Waals surface area contributed by atoms with Gasteiger partial charge < -0.3 is 26.2 Å². The van der Waals surface area contributed by atoms with Crippen molar-refractivity contribution in [1.29, 1.82) is 0 Å². The molecule has 218 valence electrons. The van der Waals surface area contributed by atoms with Crippen LogP contribution in [-0.4, -0.2) is 79.8 Å². The van der Waals surface area contributed by atoms with Gasteiger partial charge in [-0.2, -0.15) is 13.2 Å². The summed E-state index contributed by atoms with van der Waals surface area (Å²) >= 11 is 6.20. The number of halogens is 5. The zero-order valence-corrected chi connectivity index (χ0v) is 22.7. The maximum absolute atomic E-state index is 14.9. The molecule has 40 heavy (non-hydrogen) atoms. The van der Waals surface area contributed by atoms with E-state index in [-0.39, 0.29) is 30.7 Å². The number of carbonyl (C=O) groups is 2. The molecule has 2 aromatic carbocycles. The SMILES string of the molecule is N[C@H]1CCCN(C(=O)NCc2ccc(C(=O)Nc3ccc(Cl)cc3N3CCN(CCC(F)(F)F)CC3)c(F)c2)C1. The smallest absolute Gasteiger partial charge is 0.367 e. The maximum Gasteiger partial charge on any atom is 0.390 e. The summed E-state index contributed by atoms with van der Waals surface area (Å²) in [4.78, 5) is 30.7. The van der Waals surface area contributed by atoms with Crippen molar-refractivity contribution in [2.24, 2.45) is 5.73 Å². The van der Waals surface area contributed by atoms with Crippen molar-refractivity contribution in [3.8, 4) is 0 Å². The van der Waals surface area contributed by atoms with Crippen molar-refractivity contribution >= 4 is 34.9 Å². The summed E-state index contributed by atoms with van der Waals surface area (Å²) in [5, 5.41) is 5.92. The van der Waals surface area contributed by atoms with Gasteiger partial charge in [0, 0.05) is 63.4 Å². The second-order valence-electron chi connectivity index (χ2n) is 10.1. The van der Waals surface area contributed by atoms with Gasteiger partial charge in [0.1, 0.15) is 5.82 Å². The zero-order valence-electron chi connectivity index (χ0n) is 21.9. The lowest BCUT2D eigenvalue weighted by molar-refractivity contribution is -0.138. The molecule has 0 aromatic heterocycles. The third-order valence-electron chi connectivity index (χ3n) is 7.10. The number of carbonyl (C=O) groups excluding carboxylic acids is 2. The first kappa shape index (κ1) is 29.9. The van der Waals surface area contributed by atoms with Gasteiger partial charge in [0.2, 0.25) is 0 Å². The summed E-state index contributed by atoms with van der Waals surface area (Å²) in [6.07, 6.45) is -3.36. The molecule has 0 aliphatic carbocycles. The van der Waals surface area contributed by atoms with Crippen LogP contribution in [0, 0.1) is 5.82 Å². The molecule has 8 nitrogen and oxygen atoms in total. The van der Waals surface area contributed by atoms with Crippen molar-refractivity contribution in [2.75, 3.05) is 56.0 Å². The van der Waals surface area contributed by atoms with E-state index in [0.29, 0.717) is 61.2 Å². The molecular formula is C27H33ClF4N6O2. The maximum atomic E-state index is 14.9. The second-order valence-corrected chi connectivity index (χ2v) is 10.6. The van der Waals surface area contributed by atoms with E-state index in [9.17, 15) is 27.2 Å². The number of piperazine rings is 1. The predicted octanol–water partition coefficient (Wildman–Crippen LogP) is 4.44. The number of amides is 3. The topological polar surface area (TPSA) is 93.9 Å². The van der Waals surface area contributed by atoms with Gasteiger partial charge in [0.25, 0.3) is 5.91 Å². The van der Waals surface area contributed by atoms with Crippen molar-refractivity contribution in [3.63, 3.8) is 0 Å². The van der Waals surface area contributed by atoms with E-state index in [1.165, 1.54) is 12.1 Å². The molecule has 0 spiro atoms. The van der Waals surface area contributed by atoms with Crippen molar-refractivity contribution in [1.82, 2.24) is 15.1 Å². The molecule has 0 unspecified atom stereocenters. The predicted molar refractivity (Wildman–Crippen MR) is 146 cm³/mol. The van der Waals surface area contributed by atoms with Gasteiger partial charge in [-0.1, -0.05) is 17.7 Å². The molecule has 2 aliphatic rings. The summed E-state index contributed by atoms with van der Waals surface area (Å²) in [6, 6.07) is 8.69. The van der Waals surface area contributed by atoms with Gasteiger partial charge in [-0.3, -0.25) is 9.69 Å². The highest BCUT2D eigenvalue weighted by Crippen LogP contribution is 2.31. The Morgan fingerprint density at radius 1 is 1.05 bits per heavy atom. The number of urea groups is 1. The van der Waals surface area contributed by atoms with Crippen LogP contribution in [0.15, 0.2) is 36.4 Å². The number of nitrogens with two attached hydrogens (primary N) is 1. The van der Waals surface area contributed by atoms with Crippen LogP contribution in [-0.2, 0) is 6.54 Å². The van der Waals surface area contributed by atoms with Gasteiger partial charge >= 0.3 is 12.2 Å². The molecule has 3 amide bonds. The fourth-order valence-corrected chi connectivity index (χ4v) is 5.06. The molecule has 4 N–H and O–H groups in total. The number of alkyl halides is 3. The Morgan fingerprint density at radius 3 is 2.48 bits per heavy atom. The van der Waals surface area contributed by atoms with Crippen LogP contribution in [0.4, 0.5) is 33.7 Å². The van der Waals surface area contributed by atoms with Gasteiger partial charge in [-0.15, -0.1) is 0 Å². The molecule has 2 heterocycles. The lowest BCUT2D eigenvalue weighted by Crippen LogP contribution is -2.49. The lowest BCUT2D eigenvalue weighted by atomic mass is 10.1. The lowest BCUT2D eigenvalue weighted by Gasteiger charge is -2.37. The molecule has 0 saturated carbocycles. The van der Waals surface area contributed by atoms with E-state index in [2.05, 4.69) is 10.6 Å². The first-order valence-corrected chi connectivity index (χ1v) is 13.6. The monoisotopic (exact) mass is 584 g/mol. The van der Waals surface area contributed by atoms with E-state index in [1.54, 1.807) is 34.1 Å². The number of nitrogens with zero attached hydrogens (tertiary/aromatic N) is 3. The van der Waals surface area contributed by atoms with E-state index < -0.39 is 24.3 Å². The number of hydrogen-bond donors (Lipinski definition) is 3. The van der Waals surface area contributed by atoms with Gasteiger partial charge in [-0.25, -0.2) is 9.18 Å². The van der Waals surface area contributed by atoms with E-state index in [0.717, 1.165) is 12.8 Å². The summed E-state index contributed by atoms with van der Waals surface area (Å²) < 4.78 is 52.7. The van der Waals surface area contributed by atoms with Crippen molar-refractivity contribution < 1.29 is 27.2 Å². The highest BCUT2D eigenvalue weighted by molar-refractivity contribution is 6.31. The third-order valence-corrected chi connectivity index (χ3v) is 7.33. The van der Waals surface area contributed by atoms with E-state index in [4.69, 9.17) is 17.3 Å². The second kappa shape index (κ2) is 13.0. The Balaban J connectivity index is 1.36. The molecule has 1 atom stereocenters. The Hall–Kier alpha value is -3.09. The minimum absolute atomic E-state index is 0.0521. The third kappa shape index (κ3) is 8.21. The van der Waals surface area contributed by atoms with Crippen LogP contribution < -0.4 is 21.3 Å². The number of piperidine rings is 1. The van der Waals surface area contributed by atoms with E-state index in [1.807, 2.05) is 4.90 Å². The summed E-state index contributed by atoms with van der Waals surface area (Å²) in [5.41, 5.74) is 7.27. The number of anilines is 2. The van der Waals surface area contributed by atoms with Gasteiger partial charge in [0.15, 0.2) is 0 Å². The summed E-state index contributed by atoms with van der Waals surface area (Å²) in [7, 11) is 0. The highest BCUT2D eigenvalue weighted by Gasteiger charge is 2.29. The Kier molecular flexibility index (Phi) is 9.75. The van der Waals surface area contributed by atoms with Crippen molar-refractivity contribution in [3.05, 3.63) is 58.4 Å². The van der Waals surface area contributed by atoms with Crippen LogP contribution in [0.1, 0.15) is 35.2 Å². The Labute approximate surface area is 235 Å². The average Bonchev–Trinajstić information content (AvgIpc) is 2.91. The highest BCUT2D eigenvalue weighted by atomic mass is 35.5. The van der Waals surface area contributed by atoms with Crippen LogP contribution in [0.5, 0.6) is 0 Å². The average molecular weight is 585 g/mol. The molecule has 2 fully saturated rings. The number of benzene rings is 2. The Bertz CT molecular complexity index is 1210. The fraction of sp³-hybridized carbons (Fsp3) is 0.481. The minimum atomic E-state index is -4.20. The molecule has 4 rings (SSSR count). The number of likely N-dealkylation sites (tertiary alicyclic amines) is 1. The van der Waals surface area contributed by atoms with E-state index >= 15 is 0 Å². The first-order chi connectivity index (χ1) is 19.0.